The van der Waals surface area contributed by atoms with Crippen molar-refractivity contribution in [2.75, 3.05) is 52.5 Å². The number of hydrogen-bond acceptors (Lipinski definition) is 5. The van der Waals surface area contributed by atoms with Crippen LogP contribution in [-0.2, 0) is 9.53 Å². The number of morpholine rings is 1. The Balaban J connectivity index is 1.75. The van der Waals surface area contributed by atoms with Crippen LogP contribution in [-0.4, -0.2) is 74.2 Å². The quantitative estimate of drug-likeness (QED) is 0.722. The maximum absolute atomic E-state index is 12.4. The van der Waals surface area contributed by atoms with Gasteiger partial charge in [-0.3, -0.25) is 14.6 Å². The minimum absolute atomic E-state index is 0.105. The molecule has 6 heteroatoms. The summed E-state index contributed by atoms with van der Waals surface area (Å²) in [5.74, 6) is 0.678. The Kier molecular flexibility index (Phi) is 8.51. The Morgan fingerprint density at radius 1 is 1.29 bits per heavy atom. The highest BCUT2D eigenvalue weighted by atomic mass is 16.5. The lowest BCUT2D eigenvalue weighted by molar-refractivity contribution is -0.123. The van der Waals surface area contributed by atoms with Crippen LogP contribution in [0.25, 0.3) is 0 Å². The van der Waals surface area contributed by atoms with Gasteiger partial charge in [-0.1, -0.05) is 19.8 Å². The van der Waals surface area contributed by atoms with E-state index in [1.165, 1.54) is 19.3 Å². The van der Waals surface area contributed by atoms with Crippen LogP contribution in [0.5, 0.6) is 0 Å². The summed E-state index contributed by atoms with van der Waals surface area (Å²) in [4.78, 5) is 16.9. The molecule has 136 valence electrons. The fourth-order valence-corrected chi connectivity index (χ4v) is 3.57. The molecule has 1 aliphatic heterocycles. The average molecular weight is 336 g/mol. The van der Waals surface area contributed by atoms with E-state index in [4.69, 9.17) is 10.00 Å². The van der Waals surface area contributed by atoms with Crippen molar-refractivity contribution in [1.82, 2.24) is 15.1 Å². The zero-order chi connectivity index (χ0) is 17.2. The zero-order valence-corrected chi connectivity index (χ0v) is 15.0. The monoisotopic (exact) mass is 336 g/mol. The summed E-state index contributed by atoms with van der Waals surface area (Å²) in [6.45, 7) is 8.54. The first-order valence-electron chi connectivity index (χ1n) is 9.38. The number of carbonyl (C=O) groups excluding carboxylic acids is 1. The van der Waals surface area contributed by atoms with Crippen molar-refractivity contribution in [1.29, 1.82) is 5.26 Å². The molecule has 1 N–H and O–H groups in total. The van der Waals surface area contributed by atoms with Crippen molar-refractivity contribution in [3.63, 3.8) is 0 Å². The number of hydrogen-bond donors (Lipinski definition) is 1. The van der Waals surface area contributed by atoms with Gasteiger partial charge in [0.05, 0.1) is 25.8 Å². The van der Waals surface area contributed by atoms with Crippen molar-refractivity contribution < 1.29 is 9.53 Å². The van der Waals surface area contributed by atoms with E-state index >= 15 is 0 Å². The fraction of sp³-hybridized carbons (Fsp3) is 0.889. The summed E-state index contributed by atoms with van der Waals surface area (Å²) in [5.41, 5.74) is 0. The SMILES string of the molecule is CC1CCCCC1NC(=O)CN(CCC#N)CCN1CCOCC1. The smallest absolute Gasteiger partial charge is 0.234 e. The van der Waals surface area contributed by atoms with Crippen LogP contribution < -0.4 is 5.32 Å². The van der Waals surface area contributed by atoms with Gasteiger partial charge in [0.25, 0.3) is 0 Å². The first-order chi connectivity index (χ1) is 11.7. The molecule has 6 nitrogen and oxygen atoms in total. The molecule has 1 amide bonds. The summed E-state index contributed by atoms with van der Waals surface area (Å²) >= 11 is 0. The molecule has 1 saturated carbocycles. The number of ether oxygens (including phenoxy) is 1. The van der Waals surface area contributed by atoms with Crippen molar-refractivity contribution in [3.05, 3.63) is 0 Å². The predicted molar refractivity (Wildman–Crippen MR) is 93.5 cm³/mol. The second kappa shape index (κ2) is 10.7. The van der Waals surface area contributed by atoms with Crippen LogP contribution in [0, 0.1) is 17.2 Å². The predicted octanol–water partition coefficient (Wildman–Crippen LogP) is 1.23. The van der Waals surface area contributed by atoms with Crippen LogP contribution in [0.15, 0.2) is 0 Å². The molecule has 1 saturated heterocycles. The number of nitriles is 1. The third-order valence-electron chi connectivity index (χ3n) is 5.20. The molecule has 2 rings (SSSR count). The first kappa shape index (κ1) is 19.2. The van der Waals surface area contributed by atoms with E-state index in [1.54, 1.807) is 0 Å². The van der Waals surface area contributed by atoms with Gasteiger partial charge in [0.2, 0.25) is 5.91 Å². The van der Waals surface area contributed by atoms with Gasteiger partial charge in [-0.05, 0) is 18.8 Å². The van der Waals surface area contributed by atoms with Gasteiger partial charge in [0, 0.05) is 45.2 Å². The highest BCUT2D eigenvalue weighted by Gasteiger charge is 2.23. The van der Waals surface area contributed by atoms with E-state index in [1.807, 2.05) is 0 Å². The summed E-state index contributed by atoms with van der Waals surface area (Å²) in [6, 6.07) is 2.51. The molecular formula is C18H32N4O2. The summed E-state index contributed by atoms with van der Waals surface area (Å²) in [6.07, 6.45) is 5.26. The van der Waals surface area contributed by atoms with Crippen LogP contribution in [0.1, 0.15) is 39.0 Å². The number of nitrogens with zero attached hydrogens (tertiary/aromatic N) is 3. The molecule has 1 aliphatic carbocycles. The average Bonchev–Trinajstić information content (AvgIpc) is 2.60. The summed E-state index contributed by atoms with van der Waals surface area (Å²) < 4.78 is 5.37. The van der Waals surface area contributed by atoms with Crippen molar-refractivity contribution in [2.24, 2.45) is 5.92 Å². The highest BCUT2D eigenvalue weighted by Crippen LogP contribution is 2.23. The second-order valence-corrected chi connectivity index (χ2v) is 7.07. The minimum atomic E-state index is 0.105. The molecule has 0 aromatic rings. The van der Waals surface area contributed by atoms with Gasteiger partial charge < -0.3 is 10.1 Å². The number of rotatable bonds is 8. The number of carbonyl (C=O) groups is 1. The molecule has 2 unspecified atom stereocenters. The zero-order valence-electron chi connectivity index (χ0n) is 15.0. The highest BCUT2D eigenvalue weighted by molar-refractivity contribution is 5.78. The maximum atomic E-state index is 12.4. The third kappa shape index (κ3) is 6.76. The molecule has 0 aromatic heterocycles. The molecule has 0 spiro atoms. The van der Waals surface area contributed by atoms with Crippen LogP contribution >= 0.6 is 0 Å². The van der Waals surface area contributed by atoms with E-state index in [-0.39, 0.29) is 5.91 Å². The van der Waals surface area contributed by atoms with Gasteiger partial charge >= 0.3 is 0 Å². The fourth-order valence-electron chi connectivity index (χ4n) is 3.57. The number of amides is 1. The van der Waals surface area contributed by atoms with E-state index in [9.17, 15) is 4.79 Å². The van der Waals surface area contributed by atoms with Gasteiger partial charge in [0.1, 0.15) is 0 Å². The van der Waals surface area contributed by atoms with Gasteiger partial charge in [-0.25, -0.2) is 0 Å². The molecule has 2 fully saturated rings. The molecule has 0 radical (unpaired) electrons. The van der Waals surface area contributed by atoms with Gasteiger partial charge in [-0.15, -0.1) is 0 Å². The van der Waals surface area contributed by atoms with Gasteiger partial charge in [0.15, 0.2) is 0 Å². The third-order valence-corrected chi connectivity index (χ3v) is 5.20. The molecule has 2 aliphatic rings. The molecule has 0 bridgehead atoms. The van der Waals surface area contributed by atoms with Crippen molar-refractivity contribution in [3.8, 4) is 6.07 Å². The van der Waals surface area contributed by atoms with Gasteiger partial charge in [-0.2, -0.15) is 5.26 Å². The second-order valence-electron chi connectivity index (χ2n) is 7.07. The Bertz CT molecular complexity index is 418. The summed E-state index contributed by atoms with van der Waals surface area (Å²) in [5, 5.41) is 12.1. The minimum Gasteiger partial charge on any atom is -0.379 e. The lowest BCUT2D eigenvalue weighted by Gasteiger charge is -2.32. The maximum Gasteiger partial charge on any atom is 0.234 e. The Labute approximate surface area is 146 Å². The number of nitrogens with one attached hydrogen (secondary N) is 1. The Morgan fingerprint density at radius 3 is 2.75 bits per heavy atom. The molecule has 0 aromatic carbocycles. The van der Waals surface area contributed by atoms with Crippen molar-refractivity contribution >= 4 is 5.91 Å². The van der Waals surface area contributed by atoms with E-state index in [0.29, 0.717) is 31.5 Å². The van der Waals surface area contributed by atoms with E-state index < -0.39 is 0 Å². The normalized spacial score (nSPS) is 25.4. The largest absolute Gasteiger partial charge is 0.379 e. The molecule has 24 heavy (non-hydrogen) atoms. The standard InChI is InChI=1S/C18H32N4O2/c1-16-5-2-3-6-17(16)20-18(23)15-22(8-4-7-19)10-9-21-11-13-24-14-12-21/h16-17H,2-6,8-15H2,1H3,(H,20,23). The van der Waals surface area contributed by atoms with Crippen LogP contribution in [0.2, 0.25) is 0 Å². The van der Waals surface area contributed by atoms with Crippen LogP contribution in [0.3, 0.4) is 0 Å². The molecular weight excluding hydrogens is 304 g/mol. The lowest BCUT2D eigenvalue weighted by Crippen LogP contribution is -2.47. The Hall–Kier alpha value is -1.16. The topological polar surface area (TPSA) is 68.6 Å². The summed E-state index contributed by atoms with van der Waals surface area (Å²) in [7, 11) is 0. The first-order valence-corrected chi connectivity index (χ1v) is 9.38. The molecule has 2 atom stereocenters. The molecule has 1 heterocycles. The van der Waals surface area contributed by atoms with E-state index in [0.717, 1.165) is 45.8 Å². The Morgan fingerprint density at radius 2 is 2.04 bits per heavy atom. The van der Waals surface area contributed by atoms with Crippen LogP contribution in [0.4, 0.5) is 0 Å². The van der Waals surface area contributed by atoms with Crippen molar-refractivity contribution in [2.45, 2.75) is 45.1 Å². The van der Waals surface area contributed by atoms with E-state index in [2.05, 4.69) is 28.1 Å². The lowest BCUT2D eigenvalue weighted by atomic mass is 9.86.